The van der Waals surface area contributed by atoms with E-state index in [2.05, 4.69) is 9.97 Å². The van der Waals surface area contributed by atoms with Gasteiger partial charge >= 0.3 is 0 Å². The van der Waals surface area contributed by atoms with Crippen molar-refractivity contribution in [2.45, 2.75) is 12.8 Å². The Morgan fingerprint density at radius 3 is 2.72 bits per heavy atom. The van der Waals surface area contributed by atoms with E-state index in [9.17, 15) is 4.79 Å². The van der Waals surface area contributed by atoms with Crippen LogP contribution in [0.5, 0.6) is 5.75 Å². The summed E-state index contributed by atoms with van der Waals surface area (Å²) in [5.74, 6) is 0.823. The second kappa shape index (κ2) is 6.49. The summed E-state index contributed by atoms with van der Waals surface area (Å²) in [6.45, 7) is 0.524. The van der Waals surface area contributed by atoms with Gasteiger partial charge in [0.15, 0.2) is 5.78 Å². The third kappa shape index (κ3) is 3.66. The average molecular weight is 242 g/mol. The SMILES string of the molecule is O=C(CCCOc1ccccc1)c1cnccn1. The molecule has 0 atom stereocenters. The Kier molecular flexibility index (Phi) is 4.41. The van der Waals surface area contributed by atoms with Crippen molar-refractivity contribution in [3.05, 3.63) is 54.6 Å². The van der Waals surface area contributed by atoms with E-state index in [4.69, 9.17) is 4.74 Å². The van der Waals surface area contributed by atoms with E-state index in [1.807, 2.05) is 30.3 Å². The van der Waals surface area contributed by atoms with E-state index in [-0.39, 0.29) is 5.78 Å². The Morgan fingerprint density at radius 2 is 2.00 bits per heavy atom. The van der Waals surface area contributed by atoms with E-state index in [1.165, 1.54) is 12.4 Å². The van der Waals surface area contributed by atoms with Gasteiger partial charge in [0.05, 0.1) is 12.8 Å². The number of aromatic nitrogens is 2. The molecule has 0 fully saturated rings. The number of para-hydroxylation sites is 1. The summed E-state index contributed by atoms with van der Waals surface area (Å²) in [5, 5.41) is 0. The van der Waals surface area contributed by atoms with Crippen LogP contribution in [0.4, 0.5) is 0 Å². The molecule has 4 heteroatoms. The topological polar surface area (TPSA) is 52.1 Å². The van der Waals surface area contributed by atoms with Gasteiger partial charge in [0.2, 0.25) is 0 Å². The first-order chi connectivity index (χ1) is 8.86. The summed E-state index contributed by atoms with van der Waals surface area (Å²) >= 11 is 0. The van der Waals surface area contributed by atoms with Crippen LogP contribution < -0.4 is 4.74 Å². The zero-order valence-electron chi connectivity index (χ0n) is 9.95. The molecule has 0 radical (unpaired) electrons. The number of carbonyl (C=O) groups excluding carboxylic acids is 1. The van der Waals surface area contributed by atoms with Crippen molar-refractivity contribution in [2.75, 3.05) is 6.61 Å². The normalized spacial score (nSPS) is 10.0. The maximum atomic E-state index is 11.7. The minimum Gasteiger partial charge on any atom is -0.494 e. The molecule has 1 aromatic carbocycles. The Hall–Kier alpha value is -2.23. The van der Waals surface area contributed by atoms with Gasteiger partial charge in [0.1, 0.15) is 11.4 Å². The molecule has 0 aliphatic rings. The molecule has 0 amide bonds. The molecule has 0 unspecified atom stereocenters. The van der Waals surface area contributed by atoms with Crippen LogP contribution in [0.1, 0.15) is 23.3 Å². The quantitative estimate of drug-likeness (QED) is 0.577. The van der Waals surface area contributed by atoms with Gasteiger partial charge in [-0.1, -0.05) is 18.2 Å². The smallest absolute Gasteiger partial charge is 0.182 e. The van der Waals surface area contributed by atoms with Crippen LogP contribution in [-0.2, 0) is 0 Å². The second-order valence-electron chi connectivity index (χ2n) is 3.78. The molecule has 0 bridgehead atoms. The minimum atomic E-state index is -0.000221. The van der Waals surface area contributed by atoms with Gasteiger partial charge in [-0.05, 0) is 18.6 Å². The highest BCUT2D eigenvalue weighted by atomic mass is 16.5. The van der Waals surface area contributed by atoms with Crippen LogP contribution in [-0.4, -0.2) is 22.4 Å². The highest BCUT2D eigenvalue weighted by molar-refractivity contribution is 5.93. The third-order valence-corrected chi connectivity index (χ3v) is 2.41. The first kappa shape index (κ1) is 12.2. The Bertz CT molecular complexity index is 486. The summed E-state index contributed by atoms with van der Waals surface area (Å²) in [5.41, 5.74) is 0.414. The van der Waals surface area contributed by atoms with Crippen LogP contribution in [0.3, 0.4) is 0 Å². The molecule has 2 aromatic rings. The lowest BCUT2D eigenvalue weighted by atomic mass is 10.2. The van der Waals surface area contributed by atoms with Gasteiger partial charge in [-0.2, -0.15) is 0 Å². The first-order valence-corrected chi connectivity index (χ1v) is 5.83. The molecule has 1 heterocycles. The number of nitrogens with zero attached hydrogens (tertiary/aromatic N) is 2. The number of ketones is 1. The summed E-state index contributed by atoms with van der Waals surface area (Å²) in [6.07, 6.45) is 5.65. The van der Waals surface area contributed by atoms with Crippen molar-refractivity contribution in [1.29, 1.82) is 0 Å². The summed E-state index contributed by atoms with van der Waals surface area (Å²) in [4.78, 5) is 19.5. The zero-order chi connectivity index (χ0) is 12.6. The van der Waals surface area contributed by atoms with Gasteiger partial charge in [0, 0.05) is 18.8 Å². The van der Waals surface area contributed by atoms with E-state index in [0.717, 1.165) is 5.75 Å². The molecule has 2 rings (SSSR count). The number of benzene rings is 1. The van der Waals surface area contributed by atoms with Crippen molar-refractivity contribution in [3.8, 4) is 5.75 Å². The maximum Gasteiger partial charge on any atom is 0.182 e. The predicted octanol–water partition coefficient (Wildman–Crippen LogP) is 2.52. The van der Waals surface area contributed by atoms with Crippen molar-refractivity contribution in [1.82, 2.24) is 9.97 Å². The number of carbonyl (C=O) groups is 1. The fourth-order valence-electron chi connectivity index (χ4n) is 1.51. The van der Waals surface area contributed by atoms with Crippen LogP contribution in [0, 0.1) is 0 Å². The molecule has 18 heavy (non-hydrogen) atoms. The molecule has 0 saturated heterocycles. The third-order valence-electron chi connectivity index (χ3n) is 2.41. The van der Waals surface area contributed by atoms with Crippen LogP contribution in [0.15, 0.2) is 48.9 Å². The van der Waals surface area contributed by atoms with Gasteiger partial charge in [0.25, 0.3) is 0 Å². The molecule has 1 aromatic heterocycles. The molecular weight excluding hydrogens is 228 g/mol. The largest absolute Gasteiger partial charge is 0.494 e. The molecule has 0 spiro atoms. The number of hydrogen-bond donors (Lipinski definition) is 0. The number of rotatable bonds is 6. The fourth-order valence-corrected chi connectivity index (χ4v) is 1.51. The molecule has 92 valence electrons. The molecule has 0 saturated carbocycles. The lowest BCUT2D eigenvalue weighted by Crippen LogP contribution is -2.05. The van der Waals surface area contributed by atoms with Gasteiger partial charge in [-0.25, -0.2) is 4.98 Å². The van der Waals surface area contributed by atoms with Crippen LogP contribution in [0.2, 0.25) is 0 Å². The van der Waals surface area contributed by atoms with Crippen molar-refractivity contribution >= 4 is 5.78 Å². The van der Waals surface area contributed by atoms with E-state index in [1.54, 1.807) is 6.20 Å². The number of ether oxygens (including phenoxy) is 1. The Morgan fingerprint density at radius 1 is 1.17 bits per heavy atom. The molecule has 0 aliphatic carbocycles. The zero-order valence-corrected chi connectivity index (χ0v) is 9.95. The lowest BCUT2D eigenvalue weighted by Gasteiger charge is -2.04. The van der Waals surface area contributed by atoms with Gasteiger partial charge in [-0.15, -0.1) is 0 Å². The van der Waals surface area contributed by atoms with E-state index >= 15 is 0 Å². The van der Waals surface area contributed by atoms with E-state index in [0.29, 0.717) is 25.1 Å². The van der Waals surface area contributed by atoms with Crippen LogP contribution >= 0.6 is 0 Å². The summed E-state index contributed by atoms with van der Waals surface area (Å²) < 4.78 is 5.50. The van der Waals surface area contributed by atoms with Gasteiger partial charge in [-0.3, -0.25) is 9.78 Å². The second-order valence-corrected chi connectivity index (χ2v) is 3.78. The molecular formula is C14H14N2O2. The monoisotopic (exact) mass is 242 g/mol. The minimum absolute atomic E-state index is 0.000221. The first-order valence-electron chi connectivity index (χ1n) is 5.83. The number of hydrogen-bond acceptors (Lipinski definition) is 4. The van der Waals surface area contributed by atoms with E-state index < -0.39 is 0 Å². The molecule has 4 nitrogen and oxygen atoms in total. The lowest BCUT2D eigenvalue weighted by molar-refractivity contribution is 0.0968. The average Bonchev–Trinajstić information content (AvgIpc) is 2.45. The number of Topliss-reactive ketones (excluding diaryl/α,β-unsaturated/α-hetero) is 1. The summed E-state index contributed by atoms with van der Waals surface area (Å²) in [6, 6.07) is 9.56. The highest BCUT2D eigenvalue weighted by Gasteiger charge is 2.06. The molecule has 0 aliphatic heterocycles. The maximum absolute atomic E-state index is 11.7. The molecule has 0 N–H and O–H groups in total. The Balaban J connectivity index is 1.72. The predicted molar refractivity (Wildman–Crippen MR) is 67.5 cm³/mol. The van der Waals surface area contributed by atoms with Crippen LogP contribution in [0.25, 0.3) is 0 Å². The highest BCUT2D eigenvalue weighted by Crippen LogP contribution is 2.09. The summed E-state index contributed by atoms with van der Waals surface area (Å²) in [7, 11) is 0. The van der Waals surface area contributed by atoms with Crippen molar-refractivity contribution in [2.24, 2.45) is 0 Å². The van der Waals surface area contributed by atoms with Crippen molar-refractivity contribution < 1.29 is 9.53 Å². The van der Waals surface area contributed by atoms with Crippen molar-refractivity contribution in [3.63, 3.8) is 0 Å². The fraction of sp³-hybridized carbons (Fsp3) is 0.214. The standard InChI is InChI=1S/C14H14N2O2/c17-14(13-11-15-8-9-16-13)7-4-10-18-12-5-2-1-3-6-12/h1-3,5-6,8-9,11H,4,7,10H2. The Labute approximate surface area is 106 Å². The van der Waals surface area contributed by atoms with Gasteiger partial charge < -0.3 is 4.74 Å².